The Hall–Kier alpha value is -2.10. The van der Waals surface area contributed by atoms with Crippen LogP contribution in [0, 0.1) is 0 Å². The minimum Gasteiger partial charge on any atom is -0.195 e. The van der Waals surface area contributed by atoms with Gasteiger partial charge in [0.15, 0.2) is 0 Å². The van der Waals surface area contributed by atoms with Gasteiger partial charge in [-0.2, -0.15) is 17.6 Å². The Kier molecular flexibility index (Phi) is 4.72. The second-order valence-electron chi connectivity index (χ2n) is 6.49. The van der Waals surface area contributed by atoms with E-state index in [0.717, 1.165) is 36.1 Å². The molecular formula is C21H20F4. The van der Waals surface area contributed by atoms with E-state index < -0.39 is 17.4 Å². The third kappa shape index (κ3) is 3.35. The quantitative estimate of drug-likeness (QED) is 0.410. The SMILES string of the molecule is CCCCCc1ccc(-c2ccc3c(c2)C=CC(F)(F)C3(F)F)cc1. The van der Waals surface area contributed by atoms with Crippen LogP contribution in [-0.4, -0.2) is 5.92 Å². The molecule has 0 radical (unpaired) electrons. The van der Waals surface area contributed by atoms with E-state index in [2.05, 4.69) is 6.92 Å². The molecule has 0 aromatic heterocycles. The summed E-state index contributed by atoms with van der Waals surface area (Å²) in [6.45, 7) is 2.16. The summed E-state index contributed by atoms with van der Waals surface area (Å²) < 4.78 is 54.7. The van der Waals surface area contributed by atoms with Crippen molar-refractivity contribution >= 4 is 6.08 Å². The van der Waals surface area contributed by atoms with Gasteiger partial charge in [0.25, 0.3) is 0 Å². The van der Waals surface area contributed by atoms with Crippen LogP contribution in [0.5, 0.6) is 0 Å². The van der Waals surface area contributed by atoms with Crippen molar-refractivity contribution in [3.05, 3.63) is 65.2 Å². The maximum Gasteiger partial charge on any atom is 0.339 e. The molecule has 1 aliphatic carbocycles. The molecule has 132 valence electrons. The van der Waals surface area contributed by atoms with Crippen LogP contribution in [0.25, 0.3) is 17.2 Å². The zero-order chi connectivity index (χ0) is 18.1. The molecule has 0 aliphatic heterocycles. The Morgan fingerprint density at radius 3 is 2.20 bits per heavy atom. The Bertz CT molecular complexity index is 773. The van der Waals surface area contributed by atoms with E-state index in [4.69, 9.17) is 0 Å². The number of allylic oxidation sites excluding steroid dienone is 1. The average Bonchev–Trinajstić information content (AvgIpc) is 2.59. The third-order valence-corrected chi connectivity index (χ3v) is 4.64. The van der Waals surface area contributed by atoms with Crippen molar-refractivity contribution < 1.29 is 17.6 Å². The molecule has 4 heteroatoms. The van der Waals surface area contributed by atoms with Crippen molar-refractivity contribution in [2.75, 3.05) is 0 Å². The van der Waals surface area contributed by atoms with Gasteiger partial charge in [0, 0.05) is 5.56 Å². The Balaban J connectivity index is 1.86. The van der Waals surface area contributed by atoms with Crippen LogP contribution in [0.2, 0.25) is 0 Å². The second kappa shape index (κ2) is 6.66. The molecule has 0 atom stereocenters. The first kappa shape index (κ1) is 17.7. The Labute approximate surface area is 145 Å². The molecule has 0 amide bonds. The van der Waals surface area contributed by atoms with Gasteiger partial charge in [-0.05, 0) is 47.2 Å². The lowest BCUT2D eigenvalue weighted by molar-refractivity contribution is -0.187. The molecule has 2 aromatic carbocycles. The van der Waals surface area contributed by atoms with Gasteiger partial charge in [-0.25, -0.2) is 0 Å². The fraction of sp³-hybridized carbons (Fsp3) is 0.333. The molecule has 0 unspecified atom stereocenters. The summed E-state index contributed by atoms with van der Waals surface area (Å²) in [6.07, 6.45) is 5.89. The number of unbranched alkanes of at least 4 members (excludes halogenated alkanes) is 2. The molecule has 0 N–H and O–H groups in total. The Morgan fingerprint density at radius 1 is 0.840 bits per heavy atom. The molecule has 0 nitrogen and oxygen atoms in total. The van der Waals surface area contributed by atoms with Gasteiger partial charge in [0.1, 0.15) is 0 Å². The molecule has 0 bridgehead atoms. The third-order valence-electron chi connectivity index (χ3n) is 4.64. The molecule has 0 saturated carbocycles. The standard InChI is InChI=1S/C21H20F4/c1-2-3-4-5-15-6-8-16(9-7-15)17-10-11-19-18(14-17)12-13-20(22,23)21(19,24)25/h6-14H,2-5H2,1H3. The number of hydrogen-bond donors (Lipinski definition) is 0. The van der Waals surface area contributed by atoms with Gasteiger partial charge < -0.3 is 0 Å². The van der Waals surface area contributed by atoms with Crippen LogP contribution in [-0.2, 0) is 12.3 Å². The highest BCUT2D eigenvalue weighted by atomic mass is 19.3. The predicted octanol–water partition coefficient (Wildman–Crippen LogP) is 6.84. The monoisotopic (exact) mass is 348 g/mol. The van der Waals surface area contributed by atoms with Crippen molar-refractivity contribution in [3.8, 4) is 11.1 Å². The fourth-order valence-electron chi connectivity index (χ4n) is 3.09. The van der Waals surface area contributed by atoms with Gasteiger partial charge >= 0.3 is 11.8 Å². The summed E-state index contributed by atoms with van der Waals surface area (Å²) in [5.41, 5.74) is 2.38. The zero-order valence-corrected chi connectivity index (χ0v) is 14.0. The minimum atomic E-state index is -4.18. The molecule has 0 saturated heterocycles. The topological polar surface area (TPSA) is 0 Å². The number of rotatable bonds is 5. The van der Waals surface area contributed by atoms with Gasteiger partial charge in [-0.1, -0.05) is 62.2 Å². The van der Waals surface area contributed by atoms with E-state index in [0.29, 0.717) is 0 Å². The van der Waals surface area contributed by atoms with E-state index in [1.165, 1.54) is 24.5 Å². The summed E-state index contributed by atoms with van der Waals surface area (Å²) in [5, 5.41) is 0. The van der Waals surface area contributed by atoms with Crippen molar-refractivity contribution in [3.63, 3.8) is 0 Å². The van der Waals surface area contributed by atoms with E-state index in [9.17, 15) is 17.6 Å². The molecule has 2 aromatic rings. The van der Waals surface area contributed by atoms with Crippen molar-refractivity contribution in [1.29, 1.82) is 0 Å². The number of halogens is 4. The minimum absolute atomic E-state index is 0.139. The predicted molar refractivity (Wildman–Crippen MR) is 93.0 cm³/mol. The number of aryl methyl sites for hydroxylation is 1. The number of hydrogen-bond acceptors (Lipinski definition) is 0. The van der Waals surface area contributed by atoms with Crippen LogP contribution in [0.1, 0.15) is 42.9 Å². The maximum absolute atomic E-state index is 13.9. The Morgan fingerprint density at radius 2 is 1.52 bits per heavy atom. The first-order valence-electron chi connectivity index (χ1n) is 8.54. The van der Waals surface area contributed by atoms with Crippen LogP contribution >= 0.6 is 0 Å². The van der Waals surface area contributed by atoms with Crippen LogP contribution in [0.15, 0.2) is 48.5 Å². The first-order chi connectivity index (χ1) is 11.8. The van der Waals surface area contributed by atoms with Crippen LogP contribution in [0.3, 0.4) is 0 Å². The van der Waals surface area contributed by atoms with Crippen molar-refractivity contribution in [2.24, 2.45) is 0 Å². The molecule has 0 fully saturated rings. The van der Waals surface area contributed by atoms with Crippen LogP contribution in [0.4, 0.5) is 17.6 Å². The zero-order valence-electron chi connectivity index (χ0n) is 14.0. The smallest absolute Gasteiger partial charge is 0.195 e. The van der Waals surface area contributed by atoms with Gasteiger partial charge in [-0.3, -0.25) is 0 Å². The summed E-state index contributed by atoms with van der Waals surface area (Å²) in [5.74, 6) is -8.33. The summed E-state index contributed by atoms with van der Waals surface area (Å²) in [6, 6.07) is 12.1. The number of benzene rings is 2. The lowest BCUT2D eigenvalue weighted by Gasteiger charge is -2.29. The van der Waals surface area contributed by atoms with E-state index in [-0.39, 0.29) is 11.6 Å². The summed E-state index contributed by atoms with van der Waals surface area (Å²) in [4.78, 5) is 0. The van der Waals surface area contributed by atoms with E-state index in [1.54, 1.807) is 6.07 Å². The molecule has 3 rings (SSSR count). The number of fused-ring (bicyclic) bond motifs is 1. The van der Waals surface area contributed by atoms with Gasteiger partial charge in [0.05, 0.1) is 0 Å². The lowest BCUT2D eigenvalue weighted by atomic mass is 9.88. The largest absolute Gasteiger partial charge is 0.339 e. The van der Waals surface area contributed by atoms with E-state index >= 15 is 0 Å². The average molecular weight is 348 g/mol. The highest BCUT2D eigenvalue weighted by Crippen LogP contribution is 2.48. The summed E-state index contributed by atoms with van der Waals surface area (Å²) >= 11 is 0. The van der Waals surface area contributed by atoms with Crippen LogP contribution < -0.4 is 0 Å². The van der Waals surface area contributed by atoms with Gasteiger partial charge in [-0.15, -0.1) is 0 Å². The summed E-state index contributed by atoms with van der Waals surface area (Å²) in [7, 11) is 0. The molecule has 25 heavy (non-hydrogen) atoms. The maximum atomic E-state index is 13.9. The molecular weight excluding hydrogens is 328 g/mol. The van der Waals surface area contributed by atoms with Crippen molar-refractivity contribution in [1.82, 2.24) is 0 Å². The highest BCUT2D eigenvalue weighted by Gasteiger charge is 2.57. The molecule has 1 aliphatic rings. The molecule has 0 heterocycles. The van der Waals surface area contributed by atoms with Crippen molar-refractivity contribution in [2.45, 2.75) is 44.5 Å². The normalized spacial score (nSPS) is 17.3. The number of alkyl halides is 4. The second-order valence-corrected chi connectivity index (χ2v) is 6.49. The van der Waals surface area contributed by atoms with E-state index in [1.807, 2.05) is 24.3 Å². The highest BCUT2D eigenvalue weighted by molar-refractivity contribution is 5.71. The fourth-order valence-corrected chi connectivity index (χ4v) is 3.09. The van der Waals surface area contributed by atoms with Gasteiger partial charge in [0.2, 0.25) is 0 Å². The lowest BCUT2D eigenvalue weighted by Crippen LogP contribution is -2.38. The molecule has 0 spiro atoms. The first-order valence-corrected chi connectivity index (χ1v) is 8.54.